The van der Waals surface area contributed by atoms with Crippen molar-refractivity contribution in [1.82, 2.24) is 20.2 Å². The number of hydrogen-bond donors (Lipinski definition) is 1. The van der Waals surface area contributed by atoms with Crippen LogP contribution < -0.4 is 5.32 Å². The van der Waals surface area contributed by atoms with Crippen molar-refractivity contribution in [2.24, 2.45) is 0 Å². The van der Waals surface area contributed by atoms with E-state index in [1.807, 2.05) is 18.3 Å². The van der Waals surface area contributed by atoms with Crippen LogP contribution in [0.1, 0.15) is 17.5 Å². The fourth-order valence-electron chi connectivity index (χ4n) is 3.17. The quantitative estimate of drug-likeness (QED) is 0.792. The van der Waals surface area contributed by atoms with Crippen LogP contribution in [-0.4, -0.2) is 34.5 Å². The van der Waals surface area contributed by atoms with E-state index in [-0.39, 0.29) is 11.9 Å². The summed E-state index contributed by atoms with van der Waals surface area (Å²) in [6, 6.07) is 10.6. The first-order valence-corrected chi connectivity index (χ1v) is 8.35. The Hall–Kier alpha value is -2.57. The Balaban J connectivity index is 1.53. The SMILES string of the molecule is Fc1cccc(-c2cnc(CN3CCNCC3c3cccnc3)o2)c1. The molecule has 1 unspecified atom stereocenters. The first kappa shape index (κ1) is 15.9. The third-order valence-electron chi connectivity index (χ3n) is 4.42. The topological polar surface area (TPSA) is 54.2 Å². The highest BCUT2D eigenvalue weighted by atomic mass is 19.1. The molecular formula is C19H19FN4O. The smallest absolute Gasteiger partial charge is 0.209 e. The predicted molar refractivity (Wildman–Crippen MR) is 92.2 cm³/mol. The molecule has 25 heavy (non-hydrogen) atoms. The minimum absolute atomic E-state index is 0.229. The van der Waals surface area contributed by atoms with Crippen molar-refractivity contribution in [3.8, 4) is 11.3 Å². The molecule has 0 amide bonds. The molecule has 3 aromatic rings. The number of piperazine rings is 1. The molecule has 0 saturated carbocycles. The Bertz CT molecular complexity index is 836. The molecule has 1 fully saturated rings. The Labute approximate surface area is 145 Å². The van der Waals surface area contributed by atoms with Crippen LogP contribution in [0.25, 0.3) is 11.3 Å². The van der Waals surface area contributed by atoms with Gasteiger partial charge < -0.3 is 9.73 Å². The highest BCUT2D eigenvalue weighted by Crippen LogP contribution is 2.26. The monoisotopic (exact) mass is 338 g/mol. The summed E-state index contributed by atoms with van der Waals surface area (Å²) >= 11 is 0. The molecule has 5 nitrogen and oxygen atoms in total. The number of hydrogen-bond acceptors (Lipinski definition) is 5. The van der Waals surface area contributed by atoms with Crippen molar-refractivity contribution in [3.63, 3.8) is 0 Å². The van der Waals surface area contributed by atoms with E-state index >= 15 is 0 Å². The van der Waals surface area contributed by atoms with E-state index in [1.54, 1.807) is 18.5 Å². The van der Waals surface area contributed by atoms with Crippen molar-refractivity contribution in [1.29, 1.82) is 0 Å². The molecule has 0 bridgehead atoms. The maximum atomic E-state index is 13.4. The molecule has 0 aliphatic carbocycles. The fraction of sp³-hybridized carbons (Fsp3) is 0.263. The van der Waals surface area contributed by atoms with Crippen molar-refractivity contribution in [2.75, 3.05) is 19.6 Å². The van der Waals surface area contributed by atoms with Crippen LogP contribution >= 0.6 is 0 Å². The van der Waals surface area contributed by atoms with E-state index in [9.17, 15) is 4.39 Å². The molecule has 4 rings (SSSR count). The normalized spacial score (nSPS) is 18.4. The molecule has 0 radical (unpaired) electrons. The first-order chi connectivity index (χ1) is 12.3. The molecular weight excluding hydrogens is 319 g/mol. The minimum Gasteiger partial charge on any atom is -0.439 e. The maximum Gasteiger partial charge on any atom is 0.209 e. The van der Waals surface area contributed by atoms with Crippen LogP contribution in [0.3, 0.4) is 0 Å². The second kappa shape index (κ2) is 7.13. The zero-order chi connectivity index (χ0) is 17.1. The van der Waals surface area contributed by atoms with Crippen LogP contribution in [0.5, 0.6) is 0 Å². The van der Waals surface area contributed by atoms with Crippen LogP contribution in [0, 0.1) is 5.82 Å². The average molecular weight is 338 g/mol. The average Bonchev–Trinajstić information content (AvgIpc) is 3.12. The summed E-state index contributed by atoms with van der Waals surface area (Å²) in [6.45, 7) is 3.30. The zero-order valence-corrected chi connectivity index (χ0v) is 13.7. The van der Waals surface area contributed by atoms with E-state index in [4.69, 9.17) is 4.42 Å². The zero-order valence-electron chi connectivity index (χ0n) is 13.7. The van der Waals surface area contributed by atoms with Gasteiger partial charge in [0, 0.05) is 43.6 Å². The highest BCUT2D eigenvalue weighted by molar-refractivity contribution is 5.56. The molecule has 1 aromatic carbocycles. The second-order valence-electron chi connectivity index (χ2n) is 6.11. The van der Waals surface area contributed by atoms with E-state index in [2.05, 4.69) is 26.3 Å². The summed E-state index contributed by atoms with van der Waals surface area (Å²) in [4.78, 5) is 10.9. The van der Waals surface area contributed by atoms with Gasteiger partial charge >= 0.3 is 0 Å². The van der Waals surface area contributed by atoms with Crippen molar-refractivity contribution in [2.45, 2.75) is 12.6 Å². The van der Waals surface area contributed by atoms with Gasteiger partial charge in [0.1, 0.15) is 5.82 Å². The lowest BCUT2D eigenvalue weighted by molar-refractivity contribution is 0.140. The Kier molecular flexibility index (Phi) is 4.54. The third kappa shape index (κ3) is 3.60. The van der Waals surface area contributed by atoms with Gasteiger partial charge in [0.2, 0.25) is 5.89 Å². The summed E-state index contributed by atoms with van der Waals surface area (Å²) in [6.07, 6.45) is 5.34. The summed E-state index contributed by atoms with van der Waals surface area (Å²) in [7, 11) is 0. The van der Waals surface area contributed by atoms with Gasteiger partial charge in [0.15, 0.2) is 5.76 Å². The van der Waals surface area contributed by atoms with Gasteiger partial charge in [0.25, 0.3) is 0 Å². The molecule has 2 aromatic heterocycles. The van der Waals surface area contributed by atoms with E-state index in [1.165, 1.54) is 17.7 Å². The number of nitrogens with one attached hydrogen (secondary N) is 1. The molecule has 0 spiro atoms. The summed E-state index contributed by atoms with van der Waals surface area (Å²) in [5, 5.41) is 3.42. The van der Waals surface area contributed by atoms with E-state index in [0.29, 0.717) is 23.8 Å². The number of aromatic nitrogens is 2. The second-order valence-corrected chi connectivity index (χ2v) is 6.11. The number of halogens is 1. The minimum atomic E-state index is -0.283. The molecule has 1 aliphatic rings. The summed E-state index contributed by atoms with van der Waals surface area (Å²) in [5.74, 6) is 0.937. The molecule has 1 atom stereocenters. The molecule has 1 aliphatic heterocycles. The van der Waals surface area contributed by atoms with Gasteiger partial charge in [-0.15, -0.1) is 0 Å². The lowest BCUT2D eigenvalue weighted by Crippen LogP contribution is -2.45. The molecule has 1 saturated heterocycles. The lowest BCUT2D eigenvalue weighted by atomic mass is 10.1. The lowest BCUT2D eigenvalue weighted by Gasteiger charge is -2.35. The van der Waals surface area contributed by atoms with E-state index in [0.717, 1.165) is 19.6 Å². The summed E-state index contributed by atoms with van der Waals surface area (Å²) in [5.41, 5.74) is 1.87. The Morgan fingerprint density at radius 2 is 2.20 bits per heavy atom. The molecule has 128 valence electrons. The number of nitrogens with zero attached hydrogens (tertiary/aromatic N) is 3. The van der Waals surface area contributed by atoms with Gasteiger partial charge in [-0.25, -0.2) is 9.37 Å². The van der Waals surface area contributed by atoms with E-state index < -0.39 is 0 Å². The number of rotatable bonds is 4. The van der Waals surface area contributed by atoms with Crippen LogP contribution in [-0.2, 0) is 6.54 Å². The van der Waals surface area contributed by atoms with Crippen LogP contribution in [0.4, 0.5) is 4.39 Å². The third-order valence-corrected chi connectivity index (χ3v) is 4.42. The Morgan fingerprint density at radius 3 is 3.04 bits per heavy atom. The summed E-state index contributed by atoms with van der Waals surface area (Å²) < 4.78 is 19.2. The maximum absolute atomic E-state index is 13.4. The van der Waals surface area contributed by atoms with Gasteiger partial charge in [0.05, 0.1) is 12.7 Å². The molecule has 1 N–H and O–H groups in total. The predicted octanol–water partition coefficient (Wildman–Crippen LogP) is 3.02. The largest absolute Gasteiger partial charge is 0.439 e. The van der Waals surface area contributed by atoms with Crippen LogP contribution in [0.2, 0.25) is 0 Å². The van der Waals surface area contributed by atoms with Crippen molar-refractivity contribution >= 4 is 0 Å². The van der Waals surface area contributed by atoms with Crippen LogP contribution in [0.15, 0.2) is 59.4 Å². The standard InChI is InChI=1S/C19H19FN4O/c20-16-5-1-3-14(9-16)18-12-23-19(25-18)13-24-8-7-22-11-17(24)15-4-2-6-21-10-15/h1-6,9-10,12,17,22H,7-8,11,13H2. The fourth-order valence-corrected chi connectivity index (χ4v) is 3.17. The molecule has 6 heteroatoms. The van der Waals surface area contributed by atoms with Gasteiger partial charge in [-0.2, -0.15) is 0 Å². The number of oxazole rings is 1. The van der Waals surface area contributed by atoms with Gasteiger partial charge in [-0.3, -0.25) is 9.88 Å². The van der Waals surface area contributed by atoms with Crippen molar-refractivity contribution in [3.05, 3.63) is 72.3 Å². The van der Waals surface area contributed by atoms with Gasteiger partial charge in [-0.05, 0) is 23.8 Å². The molecule has 3 heterocycles. The van der Waals surface area contributed by atoms with Gasteiger partial charge in [-0.1, -0.05) is 18.2 Å². The Morgan fingerprint density at radius 1 is 1.24 bits per heavy atom. The first-order valence-electron chi connectivity index (χ1n) is 8.35. The van der Waals surface area contributed by atoms with Crippen molar-refractivity contribution < 1.29 is 8.81 Å². The highest BCUT2D eigenvalue weighted by Gasteiger charge is 2.25. The number of benzene rings is 1. The number of pyridine rings is 1.